The molecule has 0 amide bonds. The van der Waals surface area contributed by atoms with Gasteiger partial charge >= 0.3 is 0 Å². The molecule has 0 saturated heterocycles. The van der Waals surface area contributed by atoms with Crippen molar-refractivity contribution >= 4 is 5.78 Å². The summed E-state index contributed by atoms with van der Waals surface area (Å²) in [6, 6.07) is 2.03. The van der Waals surface area contributed by atoms with Gasteiger partial charge in [-0.15, -0.1) is 0 Å². The molecular formula is C24H31NO4. The van der Waals surface area contributed by atoms with E-state index in [2.05, 4.69) is 44.0 Å². The Hall–Kier alpha value is -2.27. The summed E-state index contributed by atoms with van der Waals surface area (Å²) >= 11 is 0. The lowest BCUT2D eigenvalue weighted by molar-refractivity contribution is -0.115. The molecule has 1 aliphatic carbocycles. The lowest BCUT2D eigenvalue weighted by atomic mass is 9.81. The number of hydrogen-bond donors (Lipinski definition) is 0. The van der Waals surface area contributed by atoms with E-state index in [1.165, 1.54) is 11.1 Å². The van der Waals surface area contributed by atoms with Gasteiger partial charge in [-0.2, -0.15) is 0 Å². The van der Waals surface area contributed by atoms with Crippen LogP contribution in [-0.4, -0.2) is 38.2 Å². The van der Waals surface area contributed by atoms with E-state index in [-0.39, 0.29) is 18.6 Å². The van der Waals surface area contributed by atoms with Gasteiger partial charge in [0.2, 0.25) is 12.5 Å². The van der Waals surface area contributed by atoms with Crippen LogP contribution in [0.15, 0.2) is 29.9 Å². The number of nitrogens with zero attached hydrogens (tertiary/aromatic N) is 1. The van der Waals surface area contributed by atoms with Crippen molar-refractivity contribution < 1.29 is 19.0 Å². The minimum Gasteiger partial charge on any atom is -0.492 e. The van der Waals surface area contributed by atoms with Crippen molar-refractivity contribution in [2.75, 3.05) is 27.5 Å². The molecule has 5 nitrogen and oxygen atoms in total. The van der Waals surface area contributed by atoms with Crippen molar-refractivity contribution in [3.05, 3.63) is 41.0 Å². The van der Waals surface area contributed by atoms with E-state index in [4.69, 9.17) is 14.2 Å². The van der Waals surface area contributed by atoms with Crippen molar-refractivity contribution in [1.29, 1.82) is 0 Å². The highest BCUT2D eigenvalue weighted by Crippen LogP contribution is 2.50. The van der Waals surface area contributed by atoms with Crippen LogP contribution in [0.3, 0.4) is 0 Å². The van der Waals surface area contributed by atoms with Gasteiger partial charge in [0.1, 0.15) is 0 Å². The quantitative estimate of drug-likeness (QED) is 0.542. The minimum atomic E-state index is -0.0220. The molecular weight excluding hydrogens is 366 g/mol. The van der Waals surface area contributed by atoms with Gasteiger partial charge < -0.3 is 14.2 Å². The maximum atomic E-state index is 12.9. The van der Waals surface area contributed by atoms with Gasteiger partial charge in [-0.3, -0.25) is 9.69 Å². The Morgan fingerprint density at radius 3 is 2.97 bits per heavy atom. The van der Waals surface area contributed by atoms with Crippen LogP contribution >= 0.6 is 0 Å². The number of methoxy groups -OCH3 is 1. The Morgan fingerprint density at radius 2 is 2.21 bits per heavy atom. The first-order chi connectivity index (χ1) is 14.0. The first-order valence-electron chi connectivity index (χ1n) is 10.5. The zero-order chi connectivity index (χ0) is 20.5. The third kappa shape index (κ3) is 3.93. The molecule has 0 spiro atoms. The molecule has 0 saturated carbocycles. The highest BCUT2D eigenvalue weighted by molar-refractivity contribution is 5.90. The first kappa shape index (κ1) is 20.0. The minimum absolute atomic E-state index is 0.0220. The highest BCUT2D eigenvalue weighted by atomic mass is 16.7. The lowest BCUT2D eigenvalue weighted by Crippen LogP contribution is -2.33. The van der Waals surface area contributed by atoms with Gasteiger partial charge in [0.05, 0.1) is 7.11 Å². The molecule has 3 aliphatic rings. The molecule has 0 N–H and O–H groups in total. The second-order valence-corrected chi connectivity index (χ2v) is 8.62. The fourth-order valence-electron chi connectivity index (χ4n) is 4.85. The van der Waals surface area contributed by atoms with Gasteiger partial charge in [0.25, 0.3) is 0 Å². The molecule has 4 rings (SSSR count). The summed E-state index contributed by atoms with van der Waals surface area (Å²) < 4.78 is 17.0. The predicted octanol–water partition coefficient (Wildman–Crippen LogP) is 4.46. The van der Waals surface area contributed by atoms with Crippen LogP contribution in [0.25, 0.3) is 0 Å². The van der Waals surface area contributed by atoms with Crippen LogP contribution in [0.2, 0.25) is 0 Å². The zero-order valence-electron chi connectivity index (χ0n) is 17.9. The topological polar surface area (TPSA) is 48.0 Å². The summed E-state index contributed by atoms with van der Waals surface area (Å²) in [4.78, 5) is 15.1. The average Bonchev–Trinajstić information content (AvgIpc) is 3.16. The molecule has 29 heavy (non-hydrogen) atoms. The Labute approximate surface area is 173 Å². The van der Waals surface area contributed by atoms with Crippen LogP contribution in [0.4, 0.5) is 0 Å². The average molecular weight is 398 g/mol. The second-order valence-electron chi connectivity index (χ2n) is 8.62. The maximum absolute atomic E-state index is 12.9. The Balaban J connectivity index is 1.55. The van der Waals surface area contributed by atoms with E-state index in [9.17, 15) is 4.79 Å². The monoisotopic (exact) mass is 397 g/mol. The number of carbonyl (C=O) groups excluding carboxylic acids is 1. The van der Waals surface area contributed by atoms with E-state index in [0.717, 1.165) is 37.1 Å². The molecule has 0 aromatic heterocycles. The van der Waals surface area contributed by atoms with Crippen LogP contribution in [0.5, 0.6) is 17.2 Å². The zero-order valence-corrected chi connectivity index (χ0v) is 17.9. The van der Waals surface area contributed by atoms with E-state index in [0.29, 0.717) is 29.8 Å². The summed E-state index contributed by atoms with van der Waals surface area (Å²) in [7, 11) is 3.73. The molecule has 0 unspecified atom stereocenters. The third-order valence-electron chi connectivity index (χ3n) is 6.58. The van der Waals surface area contributed by atoms with E-state index in [1.807, 2.05) is 0 Å². The van der Waals surface area contributed by atoms with Crippen molar-refractivity contribution in [2.24, 2.45) is 11.8 Å². The molecule has 5 heteroatoms. The Morgan fingerprint density at radius 1 is 1.38 bits per heavy atom. The van der Waals surface area contributed by atoms with Crippen molar-refractivity contribution in [1.82, 2.24) is 4.90 Å². The number of hydrogen-bond acceptors (Lipinski definition) is 5. The van der Waals surface area contributed by atoms with Gasteiger partial charge in [-0.25, -0.2) is 0 Å². The molecule has 1 aromatic carbocycles. The highest BCUT2D eigenvalue weighted by Gasteiger charge is 2.34. The van der Waals surface area contributed by atoms with Gasteiger partial charge in [-0.05, 0) is 62.8 Å². The molecule has 2 heterocycles. The predicted molar refractivity (Wildman–Crippen MR) is 113 cm³/mol. The van der Waals surface area contributed by atoms with E-state index < -0.39 is 0 Å². The van der Waals surface area contributed by atoms with E-state index >= 15 is 0 Å². The number of likely N-dealkylation sites (N-methyl/N-ethyl adjacent to an activating group) is 1. The van der Waals surface area contributed by atoms with Crippen LogP contribution < -0.4 is 14.2 Å². The fraction of sp³-hybridized carbons (Fsp3) is 0.542. The molecule has 0 radical (unpaired) electrons. The van der Waals surface area contributed by atoms with Crippen LogP contribution in [-0.2, 0) is 11.2 Å². The molecule has 0 bridgehead atoms. The van der Waals surface area contributed by atoms with Crippen molar-refractivity contribution in [2.45, 2.75) is 45.6 Å². The number of fused-ring (bicyclic) bond motifs is 2. The molecule has 0 fully saturated rings. The molecule has 156 valence electrons. The van der Waals surface area contributed by atoms with Crippen LogP contribution in [0.1, 0.15) is 50.3 Å². The SMILES string of the molecule is COc1c2c(cc3c1[C@@H](CC(=O)/C=C/[C@@H]1CC=C(C)C[C@@H]1C)N(C)CC3)OCO2. The first-order valence-corrected chi connectivity index (χ1v) is 10.5. The second kappa shape index (κ2) is 8.23. The summed E-state index contributed by atoms with van der Waals surface area (Å²) in [5.74, 6) is 3.31. The molecule has 2 aliphatic heterocycles. The van der Waals surface area contributed by atoms with Crippen molar-refractivity contribution in [3.63, 3.8) is 0 Å². The number of ether oxygens (including phenoxy) is 3. The molecule has 3 atom stereocenters. The largest absolute Gasteiger partial charge is 0.492 e. The van der Waals surface area contributed by atoms with Crippen LogP contribution in [0, 0.1) is 11.8 Å². The Bertz CT molecular complexity index is 857. The summed E-state index contributed by atoms with van der Waals surface area (Å²) in [6.45, 7) is 5.58. The number of benzene rings is 1. The van der Waals surface area contributed by atoms with Gasteiger partial charge in [-0.1, -0.05) is 24.6 Å². The fourth-order valence-corrected chi connectivity index (χ4v) is 4.85. The number of rotatable bonds is 5. The summed E-state index contributed by atoms with van der Waals surface area (Å²) in [5.41, 5.74) is 3.71. The van der Waals surface area contributed by atoms with Gasteiger partial charge in [0, 0.05) is 24.6 Å². The van der Waals surface area contributed by atoms with Gasteiger partial charge in [0.15, 0.2) is 17.3 Å². The number of allylic oxidation sites excluding steroid dienone is 4. The summed E-state index contributed by atoms with van der Waals surface area (Å²) in [6.07, 6.45) is 9.72. The number of carbonyl (C=O) groups is 1. The number of ketones is 1. The standard InChI is InChI=1S/C24H31NO4/c1-15-5-6-17(16(2)11-15)7-8-19(26)13-20-22-18(9-10-25(20)3)12-21-23(24(22)27-4)29-14-28-21/h5,7-8,12,16-17,20H,6,9-11,13-14H2,1-4H3/b8-7+/t16-,17-,20+/m0/s1. The normalized spacial score (nSPS) is 26.3. The Kier molecular flexibility index (Phi) is 5.68. The summed E-state index contributed by atoms with van der Waals surface area (Å²) in [5, 5.41) is 0. The smallest absolute Gasteiger partial charge is 0.231 e. The lowest BCUT2D eigenvalue weighted by Gasteiger charge is -2.35. The maximum Gasteiger partial charge on any atom is 0.231 e. The molecule has 1 aromatic rings. The third-order valence-corrected chi connectivity index (χ3v) is 6.58. The van der Waals surface area contributed by atoms with Crippen molar-refractivity contribution in [3.8, 4) is 17.2 Å². The van der Waals surface area contributed by atoms with E-state index in [1.54, 1.807) is 13.2 Å².